The van der Waals surface area contributed by atoms with E-state index in [0.29, 0.717) is 47.6 Å². The van der Waals surface area contributed by atoms with Crippen molar-refractivity contribution in [3.63, 3.8) is 0 Å². The number of aryl methyl sites for hydroxylation is 1. The van der Waals surface area contributed by atoms with Crippen LogP contribution in [0.5, 0.6) is 0 Å². The van der Waals surface area contributed by atoms with Crippen molar-refractivity contribution < 1.29 is 50.7 Å². The number of pyridine rings is 4. The zero-order valence-corrected chi connectivity index (χ0v) is 47.1. The number of rotatable bonds is 14. The fourth-order valence-electron chi connectivity index (χ4n) is 10.1. The van der Waals surface area contributed by atoms with Gasteiger partial charge in [-0.3, -0.25) is 34.3 Å². The van der Waals surface area contributed by atoms with Crippen molar-refractivity contribution in [3.8, 4) is 44.5 Å². The molecule has 0 spiro atoms. The summed E-state index contributed by atoms with van der Waals surface area (Å²) in [6.07, 6.45) is 19.1. The molecule has 87 heavy (non-hydrogen) atoms. The number of carboxylic acid groups (broad SMARTS) is 1. The molecule has 3 N–H and O–H groups in total. The summed E-state index contributed by atoms with van der Waals surface area (Å²) in [5.74, 6) is -5.40. The van der Waals surface area contributed by atoms with E-state index in [1.807, 2.05) is 97.1 Å². The molecule has 10 aromatic rings. The number of nitrogens with two attached hydrogens (primary N) is 1. The van der Waals surface area contributed by atoms with Crippen LogP contribution in [0.25, 0.3) is 78.6 Å². The molecule has 12 rings (SSSR count). The Bertz CT molecular complexity index is 4070. The molecule has 18 heteroatoms. The maximum Gasteiger partial charge on any atom is 0.328 e. The molecule has 2 saturated heterocycles. The number of carboxylic acids is 1. The van der Waals surface area contributed by atoms with E-state index in [0.717, 1.165) is 78.1 Å². The van der Waals surface area contributed by atoms with E-state index in [1.54, 1.807) is 98.1 Å². The molecule has 0 atom stereocenters. The number of fused-ring (bicyclic) bond motifs is 2. The van der Waals surface area contributed by atoms with Gasteiger partial charge < -0.3 is 29.5 Å². The minimum atomic E-state index is -2.70. The van der Waals surface area contributed by atoms with Gasteiger partial charge in [-0.25, -0.2) is 22.4 Å². The summed E-state index contributed by atoms with van der Waals surface area (Å²) >= 11 is 0. The van der Waals surface area contributed by atoms with Gasteiger partial charge in [0, 0.05) is 165 Å². The predicted molar refractivity (Wildman–Crippen MR) is 325 cm³/mol. The van der Waals surface area contributed by atoms with Crippen molar-refractivity contribution in [2.45, 2.75) is 56.9 Å². The molecule has 4 aromatic carbocycles. The van der Waals surface area contributed by atoms with Crippen molar-refractivity contribution in [2.75, 3.05) is 26.2 Å². The van der Waals surface area contributed by atoms with Gasteiger partial charge in [0.25, 0.3) is 23.7 Å². The van der Waals surface area contributed by atoms with Crippen molar-refractivity contribution in [3.05, 3.63) is 229 Å². The number of ketones is 1. The van der Waals surface area contributed by atoms with Gasteiger partial charge in [0.05, 0.1) is 6.54 Å². The van der Waals surface area contributed by atoms with Gasteiger partial charge in [0.15, 0.2) is 5.78 Å². The summed E-state index contributed by atoms with van der Waals surface area (Å²) in [5.41, 5.74) is 17.2. The zero-order valence-electron chi connectivity index (χ0n) is 47.1. The van der Waals surface area contributed by atoms with Crippen LogP contribution >= 0.6 is 0 Å². The number of carbonyl (C=O) groups excluding carboxylic acids is 3. The second-order valence-corrected chi connectivity index (χ2v) is 21.0. The van der Waals surface area contributed by atoms with E-state index < -0.39 is 17.8 Å². The Morgan fingerprint density at radius 3 is 1.32 bits per heavy atom. The second-order valence-electron chi connectivity index (χ2n) is 21.0. The molecule has 0 saturated carbocycles. The van der Waals surface area contributed by atoms with Crippen LogP contribution in [0.3, 0.4) is 0 Å². The quantitative estimate of drug-likeness (QED) is 0.0772. The highest BCUT2D eigenvalue weighted by Crippen LogP contribution is 2.39. The number of aliphatic carboxylic acids is 1. The number of piperidine rings is 2. The van der Waals surface area contributed by atoms with Crippen molar-refractivity contribution >= 4 is 57.7 Å². The van der Waals surface area contributed by atoms with Gasteiger partial charge in [-0.1, -0.05) is 48.5 Å². The first kappa shape index (κ1) is 59.9. The number of allylic oxidation sites excluding steroid dienone is 1. The Balaban J connectivity index is 0.000000168. The Hall–Kier alpha value is -10.2. The SMILES string of the molecule is NCc1cc2cc(-c3ccc(C(=O)N4CCC(F)(F)CC4)cc3)cc(-c3cccnc3)c2o1.O=C(/C=C/c1cccnc1)CCc1cc2cc(-c3ccc(C(=O)N4CCC(F)(F)CC4)cc3)cc(-c3cccnc3)c2o1.O=C(O)/C=C/c1cccnc1. The number of amides is 2. The van der Waals surface area contributed by atoms with Crippen LogP contribution in [-0.2, 0) is 22.6 Å². The maximum absolute atomic E-state index is 13.6. The maximum atomic E-state index is 13.6. The Morgan fingerprint density at radius 1 is 0.506 bits per heavy atom. The van der Waals surface area contributed by atoms with Crippen LogP contribution < -0.4 is 5.73 Å². The second kappa shape index (κ2) is 27.2. The van der Waals surface area contributed by atoms with Crippen LogP contribution in [0.2, 0.25) is 0 Å². The predicted octanol–water partition coefficient (Wildman–Crippen LogP) is 14.3. The summed E-state index contributed by atoms with van der Waals surface area (Å²) < 4.78 is 66.2. The zero-order chi connectivity index (χ0) is 60.9. The largest absolute Gasteiger partial charge is 0.478 e. The number of benzene rings is 4. The lowest BCUT2D eigenvalue weighted by Gasteiger charge is -2.31. The van der Waals surface area contributed by atoms with E-state index in [1.165, 1.54) is 15.9 Å². The molecule has 2 aliphatic rings. The smallest absolute Gasteiger partial charge is 0.328 e. The van der Waals surface area contributed by atoms with E-state index in [9.17, 15) is 36.7 Å². The van der Waals surface area contributed by atoms with Gasteiger partial charge in [0.2, 0.25) is 0 Å². The van der Waals surface area contributed by atoms with Gasteiger partial charge in [-0.15, -0.1) is 0 Å². The average Bonchev–Trinajstić information content (AvgIpc) is 2.89. The van der Waals surface area contributed by atoms with E-state index >= 15 is 0 Å². The number of alkyl halides is 4. The van der Waals surface area contributed by atoms with Crippen LogP contribution in [0.4, 0.5) is 17.6 Å². The fraction of sp³-hybridized carbons (Fsp3) is 0.188. The molecule has 2 aliphatic heterocycles. The summed E-state index contributed by atoms with van der Waals surface area (Å²) in [6.45, 7) is 0.545. The molecule has 0 unspecified atom stereocenters. The minimum Gasteiger partial charge on any atom is -0.478 e. The number of nitrogens with zero attached hydrogens (tertiary/aromatic N) is 6. The highest BCUT2D eigenvalue weighted by atomic mass is 19.3. The van der Waals surface area contributed by atoms with Crippen LogP contribution in [0, 0.1) is 0 Å². The summed E-state index contributed by atoms with van der Waals surface area (Å²) in [5, 5.41) is 10.1. The van der Waals surface area contributed by atoms with Crippen molar-refractivity contribution in [2.24, 2.45) is 5.73 Å². The number of likely N-dealkylation sites (tertiary alicyclic amines) is 2. The number of furan rings is 2. The van der Waals surface area contributed by atoms with E-state index in [2.05, 4.69) is 19.9 Å². The first-order valence-electron chi connectivity index (χ1n) is 28.2. The van der Waals surface area contributed by atoms with Crippen molar-refractivity contribution in [1.82, 2.24) is 29.7 Å². The Labute approximate surface area is 498 Å². The van der Waals surface area contributed by atoms with Crippen molar-refractivity contribution in [1.29, 1.82) is 0 Å². The first-order valence-corrected chi connectivity index (χ1v) is 28.2. The van der Waals surface area contributed by atoms with Gasteiger partial charge >= 0.3 is 5.97 Å². The number of halogens is 4. The molecule has 8 heterocycles. The third kappa shape index (κ3) is 15.6. The standard InChI is InChI=1S/C35H29F2N3O3.C26H23F2N3O2.C8H7NO2/c36-35(37)13-17-40(18-14-35)34(42)26-8-6-25(7-9-26)28-19-29-20-31(12-11-30(41)10-5-24-3-1-15-38-22-24)43-33(29)32(21-28)27-4-2-16-39-23-27;27-26(28)7-10-31(11-8-26)25(32)18-5-3-17(4-6-18)20-12-21-13-22(15-29)33-24(21)23(14-20)19-2-1-9-30-16-19;10-8(11)4-3-7-2-1-5-9-6-7/h1-10,15-16,19-23H,11-14,17-18H2;1-6,9,12-14,16H,7-8,10-11,15,29H2;1-6H,(H,10,11)/b10-5+;;4-3+. The lowest BCUT2D eigenvalue weighted by molar-refractivity contribution is -0.131. The highest BCUT2D eigenvalue weighted by molar-refractivity contribution is 6.00. The summed E-state index contributed by atoms with van der Waals surface area (Å²) in [7, 11) is 0. The molecular formula is C69H59F4N7O7. The normalized spacial score (nSPS) is 14.5. The molecule has 2 fully saturated rings. The number of hydrogen-bond acceptors (Lipinski definition) is 11. The third-order valence-corrected chi connectivity index (χ3v) is 14.8. The monoisotopic (exact) mass is 1170 g/mol. The van der Waals surface area contributed by atoms with Gasteiger partial charge in [-0.05, 0) is 137 Å². The van der Waals surface area contributed by atoms with Crippen LogP contribution in [0.1, 0.15) is 75.5 Å². The first-order chi connectivity index (χ1) is 42.1. The molecule has 2 amide bonds. The molecule has 0 radical (unpaired) electrons. The molecule has 14 nitrogen and oxygen atoms in total. The molecule has 6 aromatic heterocycles. The Morgan fingerprint density at radius 2 is 0.920 bits per heavy atom. The van der Waals surface area contributed by atoms with Gasteiger partial charge in [0.1, 0.15) is 22.7 Å². The number of aromatic nitrogens is 4. The van der Waals surface area contributed by atoms with E-state index in [-0.39, 0.29) is 69.5 Å². The molecule has 0 aliphatic carbocycles. The summed E-state index contributed by atoms with van der Waals surface area (Å²) in [4.78, 5) is 67.6. The summed E-state index contributed by atoms with van der Waals surface area (Å²) in [6, 6.07) is 41.4. The third-order valence-electron chi connectivity index (χ3n) is 14.8. The molecule has 0 bridgehead atoms. The average molecular weight is 1170 g/mol. The van der Waals surface area contributed by atoms with Crippen LogP contribution in [-0.4, -0.2) is 96.4 Å². The lowest BCUT2D eigenvalue weighted by Crippen LogP contribution is -2.42. The number of carbonyl (C=O) groups is 4. The molecular weight excluding hydrogens is 1110 g/mol. The fourth-order valence-corrected chi connectivity index (χ4v) is 10.1. The van der Waals surface area contributed by atoms with E-state index in [4.69, 9.17) is 19.7 Å². The topological polar surface area (TPSA) is 199 Å². The number of hydrogen-bond donors (Lipinski definition) is 2. The molecule has 440 valence electrons. The minimum absolute atomic E-state index is 0.00890. The van der Waals surface area contributed by atoms with Crippen LogP contribution in [0.15, 0.2) is 204 Å². The lowest BCUT2D eigenvalue weighted by atomic mass is 9.96. The van der Waals surface area contributed by atoms with Gasteiger partial charge in [-0.2, -0.15) is 0 Å². The highest BCUT2D eigenvalue weighted by Gasteiger charge is 2.37. The Kier molecular flexibility index (Phi) is 18.8.